The standard InChI is InChI=1S/C21H19NO4/c23-21(14-24-17-10-9-15-5-1-2-6-16(15)11-17)22-12-18-13-25-19-7-3-4-8-20(19)26-18/h1-11,18H,12-14H2,(H,22,23)/t18-/m1/s1. The predicted octanol–water partition coefficient (Wildman–Crippen LogP) is 3.17. The van der Waals surface area contributed by atoms with Gasteiger partial charge in [-0.2, -0.15) is 0 Å². The smallest absolute Gasteiger partial charge is 0.258 e. The van der Waals surface area contributed by atoms with Crippen molar-refractivity contribution in [3.63, 3.8) is 0 Å². The number of fused-ring (bicyclic) bond motifs is 2. The zero-order valence-electron chi connectivity index (χ0n) is 14.2. The second kappa shape index (κ2) is 7.35. The number of benzene rings is 3. The lowest BCUT2D eigenvalue weighted by Crippen LogP contribution is -2.42. The van der Waals surface area contributed by atoms with Gasteiger partial charge in [-0.15, -0.1) is 0 Å². The van der Waals surface area contributed by atoms with Gasteiger partial charge in [0, 0.05) is 0 Å². The molecule has 0 saturated heterocycles. The molecule has 1 amide bonds. The van der Waals surface area contributed by atoms with Gasteiger partial charge in [-0.05, 0) is 35.0 Å². The van der Waals surface area contributed by atoms with Crippen molar-refractivity contribution in [2.24, 2.45) is 0 Å². The van der Waals surface area contributed by atoms with Gasteiger partial charge in [-0.25, -0.2) is 0 Å². The normalized spacial score (nSPS) is 15.5. The molecule has 1 heterocycles. The summed E-state index contributed by atoms with van der Waals surface area (Å²) in [6.07, 6.45) is -0.213. The number of ether oxygens (including phenoxy) is 3. The van der Waals surface area contributed by atoms with E-state index in [0.29, 0.717) is 24.7 Å². The number of hydrogen-bond acceptors (Lipinski definition) is 4. The highest BCUT2D eigenvalue weighted by atomic mass is 16.6. The fourth-order valence-electron chi connectivity index (χ4n) is 2.85. The number of para-hydroxylation sites is 2. The van der Waals surface area contributed by atoms with E-state index in [4.69, 9.17) is 14.2 Å². The zero-order chi connectivity index (χ0) is 17.8. The maximum Gasteiger partial charge on any atom is 0.258 e. The van der Waals surface area contributed by atoms with Gasteiger partial charge in [0.1, 0.15) is 18.5 Å². The Balaban J connectivity index is 1.26. The van der Waals surface area contributed by atoms with E-state index in [2.05, 4.69) is 5.32 Å². The molecule has 1 aliphatic heterocycles. The third kappa shape index (κ3) is 3.72. The molecule has 0 aromatic heterocycles. The third-order valence-corrected chi connectivity index (χ3v) is 4.19. The van der Waals surface area contributed by atoms with Crippen molar-refractivity contribution < 1.29 is 19.0 Å². The van der Waals surface area contributed by atoms with Crippen LogP contribution in [0.15, 0.2) is 66.7 Å². The molecule has 0 saturated carbocycles. The van der Waals surface area contributed by atoms with Crippen molar-refractivity contribution in [3.05, 3.63) is 66.7 Å². The summed E-state index contributed by atoms with van der Waals surface area (Å²) in [5, 5.41) is 5.04. The maximum absolute atomic E-state index is 12.0. The van der Waals surface area contributed by atoms with Crippen LogP contribution in [0.5, 0.6) is 17.2 Å². The number of rotatable bonds is 5. The predicted molar refractivity (Wildman–Crippen MR) is 98.8 cm³/mol. The van der Waals surface area contributed by atoms with Gasteiger partial charge in [0.2, 0.25) is 0 Å². The SMILES string of the molecule is O=C(COc1ccc2ccccc2c1)NC[C@@H]1COc2ccccc2O1. The third-order valence-electron chi connectivity index (χ3n) is 4.19. The van der Waals surface area contributed by atoms with E-state index >= 15 is 0 Å². The van der Waals surface area contributed by atoms with Crippen LogP contribution in [0.3, 0.4) is 0 Å². The molecule has 4 rings (SSSR count). The molecule has 132 valence electrons. The van der Waals surface area contributed by atoms with Crippen molar-refractivity contribution in [1.29, 1.82) is 0 Å². The molecule has 1 atom stereocenters. The Hall–Kier alpha value is -3.21. The average molecular weight is 349 g/mol. The van der Waals surface area contributed by atoms with Crippen LogP contribution in [0.2, 0.25) is 0 Å². The van der Waals surface area contributed by atoms with Crippen LogP contribution in [-0.2, 0) is 4.79 Å². The molecule has 0 bridgehead atoms. The summed E-state index contributed by atoms with van der Waals surface area (Å²) in [5.74, 6) is 1.91. The van der Waals surface area contributed by atoms with Gasteiger partial charge < -0.3 is 19.5 Å². The van der Waals surface area contributed by atoms with Crippen LogP contribution < -0.4 is 19.5 Å². The molecular formula is C21H19NO4. The summed E-state index contributed by atoms with van der Waals surface area (Å²) in [4.78, 5) is 12.0. The lowest BCUT2D eigenvalue weighted by molar-refractivity contribution is -0.123. The van der Waals surface area contributed by atoms with Crippen LogP contribution in [-0.4, -0.2) is 31.8 Å². The number of nitrogens with one attached hydrogen (secondary N) is 1. The van der Waals surface area contributed by atoms with E-state index in [1.54, 1.807) is 0 Å². The summed E-state index contributed by atoms with van der Waals surface area (Å²) in [6, 6.07) is 21.3. The first-order valence-corrected chi connectivity index (χ1v) is 8.55. The fourth-order valence-corrected chi connectivity index (χ4v) is 2.85. The lowest BCUT2D eigenvalue weighted by atomic mass is 10.1. The van der Waals surface area contributed by atoms with Crippen molar-refractivity contribution in [2.75, 3.05) is 19.8 Å². The van der Waals surface area contributed by atoms with Gasteiger partial charge in [0.25, 0.3) is 5.91 Å². The van der Waals surface area contributed by atoms with Crippen LogP contribution >= 0.6 is 0 Å². The Bertz CT molecular complexity index is 925. The molecule has 0 fully saturated rings. The molecule has 3 aromatic rings. The van der Waals surface area contributed by atoms with Crippen molar-refractivity contribution in [2.45, 2.75) is 6.10 Å². The van der Waals surface area contributed by atoms with E-state index in [1.165, 1.54) is 0 Å². The average Bonchev–Trinajstić information content (AvgIpc) is 2.70. The molecule has 0 radical (unpaired) electrons. The zero-order valence-corrected chi connectivity index (χ0v) is 14.2. The molecule has 0 aliphatic carbocycles. The largest absolute Gasteiger partial charge is 0.486 e. The number of amides is 1. The molecule has 0 unspecified atom stereocenters. The molecule has 1 aliphatic rings. The Morgan fingerprint density at radius 3 is 2.65 bits per heavy atom. The molecule has 5 heteroatoms. The van der Waals surface area contributed by atoms with Gasteiger partial charge in [-0.3, -0.25) is 4.79 Å². The molecule has 26 heavy (non-hydrogen) atoms. The van der Waals surface area contributed by atoms with Crippen LogP contribution in [0, 0.1) is 0 Å². The molecular weight excluding hydrogens is 330 g/mol. The highest BCUT2D eigenvalue weighted by Crippen LogP contribution is 2.30. The van der Waals surface area contributed by atoms with Crippen molar-refractivity contribution in [1.82, 2.24) is 5.32 Å². The van der Waals surface area contributed by atoms with E-state index in [9.17, 15) is 4.79 Å². The molecule has 5 nitrogen and oxygen atoms in total. The summed E-state index contributed by atoms with van der Waals surface area (Å²) in [5.41, 5.74) is 0. The summed E-state index contributed by atoms with van der Waals surface area (Å²) in [7, 11) is 0. The van der Waals surface area contributed by atoms with Crippen molar-refractivity contribution in [3.8, 4) is 17.2 Å². The fraction of sp³-hybridized carbons (Fsp3) is 0.190. The highest BCUT2D eigenvalue weighted by Gasteiger charge is 2.21. The van der Waals surface area contributed by atoms with Crippen molar-refractivity contribution >= 4 is 16.7 Å². The summed E-state index contributed by atoms with van der Waals surface area (Å²) < 4.78 is 17.0. The van der Waals surface area contributed by atoms with Gasteiger partial charge in [0.15, 0.2) is 18.1 Å². The molecule has 1 N–H and O–H groups in total. The van der Waals surface area contributed by atoms with Crippen LogP contribution in [0.25, 0.3) is 10.8 Å². The maximum atomic E-state index is 12.0. The second-order valence-corrected chi connectivity index (χ2v) is 6.10. The Kier molecular flexibility index (Phi) is 4.60. The lowest BCUT2D eigenvalue weighted by Gasteiger charge is -2.26. The minimum absolute atomic E-state index is 0.0392. The van der Waals surface area contributed by atoms with Gasteiger partial charge in [-0.1, -0.05) is 42.5 Å². The first kappa shape index (κ1) is 16.3. The topological polar surface area (TPSA) is 56.8 Å². The second-order valence-electron chi connectivity index (χ2n) is 6.10. The Morgan fingerprint density at radius 1 is 1.00 bits per heavy atom. The summed E-state index contributed by atoms with van der Waals surface area (Å²) in [6.45, 7) is 0.736. The van der Waals surface area contributed by atoms with Gasteiger partial charge >= 0.3 is 0 Å². The van der Waals surface area contributed by atoms with Crippen LogP contribution in [0.4, 0.5) is 0 Å². The van der Waals surface area contributed by atoms with Gasteiger partial charge in [0.05, 0.1) is 6.54 Å². The minimum Gasteiger partial charge on any atom is -0.486 e. The highest BCUT2D eigenvalue weighted by molar-refractivity contribution is 5.84. The van der Waals surface area contributed by atoms with E-state index in [0.717, 1.165) is 16.5 Å². The van der Waals surface area contributed by atoms with E-state index < -0.39 is 0 Å². The van der Waals surface area contributed by atoms with Crippen LogP contribution in [0.1, 0.15) is 0 Å². The summed E-state index contributed by atoms with van der Waals surface area (Å²) >= 11 is 0. The quantitative estimate of drug-likeness (QED) is 0.769. The number of hydrogen-bond donors (Lipinski definition) is 1. The van der Waals surface area contributed by atoms with E-state index in [-0.39, 0.29) is 18.6 Å². The first-order chi connectivity index (χ1) is 12.8. The first-order valence-electron chi connectivity index (χ1n) is 8.55. The Labute approximate surface area is 151 Å². The minimum atomic E-state index is -0.213. The Morgan fingerprint density at radius 2 is 1.77 bits per heavy atom. The van der Waals surface area contributed by atoms with E-state index in [1.807, 2.05) is 66.7 Å². The number of carbonyl (C=O) groups is 1. The number of carbonyl (C=O) groups excluding carboxylic acids is 1. The molecule has 0 spiro atoms. The molecule has 3 aromatic carbocycles. The monoisotopic (exact) mass is 349 g/mol.